The highest BCUT2D eigenvalue weighted by molar-refractivity contribution is 6.32. The van der Waals surface area contributed by atoms with Crippen LogP contribution in [0.3, 0.4) is 0 Å². The number of alkyl halides is 2. The smallest absolute Gasteiger partial charge is 0.387 e. The van der Waals surface area contributed by atoms with E-state index in [1.807, 2.05) is 0 Å². The highest BCUT2D eigenvalue weighted by Crippen LogP contribution is 2.10. The predicted molar refractivity (Wildman–Crippen MR) is 42.6 cm³/mol. The van der Waals surface area contributed by atoms with E-state index in [0.29, 0.717) is 0 Å². The molecule has 0 amide bonds. The van der Waals surface area contributed by atoms with Gasteiger partial charge in [0, 0.05) is 10.2 Å². The highest BCUT2D eigenvalue weighted by atomic mass is 28.1. The summed E-state index contributed by atoms with van der Waals surface area (Å²) >= 11 is 0. The second kappa shape index (κ2) is 3.48. The Morgan fingerprint density at radius 2 is 1.73 bits per heavy atom. The van der Waals surface area contributed by atoms with Crippen molar-refractivity contribution in [2.24, 2.45) is 0 Å². The molecule has 0 heterocycles. The largest absolute Gasteiger partial charge is 0.435 e. The van der Waals surface area contributed by atoms with Gasteiger partial charge < -0.3 is 4.74 Å². The van der Waals surface area contributed by atoms with Gasteiger partial charge in [-0.3, -0.25) is 0 Å². The first kappa shape index (κ1) is 8.20. The monoisotopic (exact) mass is 174 g/mol. The van der Waals surface area contributed by atoms with Crippen LogP contribution in [-0.2, 0) is 0 Å². The minimum atomic E-state index is -2.73. The van der Waals surface area contributed by atoms with Gasteiger partial charge >= 0.3 is 6.61 Å². The SMILES string of the molecule is FC(F)Oc1ccc([SiH3])cc1. The second-order valence-electron chi connectivity index (χ2n) is 2.19. The van der Waals surface area contributed by atoms with E-state index in [1.54, 1.807) is 24.3 Å². The Labute approximate surface area is 66.4 Å². The molecule has 0 saturated carbocycles. The molecule has 1 aromatic carbocycles. The van der Waals surface area contributed by atoms with Crippen molar-refractivity contribution in [2.75, 3.05) is 0 Å². The van der Waals surface area contributed by atoms with Gasteiger partial charge in [0.1, 0.15) is 5.75 Å². The van der Waals surface area contributed by atoms with Crippen LogP contribution in [0.1, 0.15) is 0 Å². The normalized spacial score (nSPS) is 10.5. The zero-order chi connectivity index (χ0) is 8.27. The number of halogens is 2. The lowest BCUT2D eigenvalue weighted by Crippen LogP contribution is -2.04. The van der Waals surface area contributed by atoms with Gasteiger partial charge in [-0.15, -0.1) is 0 Å². The van der Waals surface area contributed by atoms with E-state index in [2.05, 4.69) is 4.74 Å². The first-order chi connectivity index (χ1) is 5.18. The summed E-state index contributed by atoms with van der Waals surface area (Å²) in [4.78, 5) is 0. The summed E-state index contributed by atoms with van der Waals surface area (Å²) in [6, 6.07) is 6.66. The Balaban J connectivity index is 2.66. The molecule has 0 spiro atoms. The van der Waals surface area contributed by atoms with Crippen molar-refractivity contribution in [3.05, 3.63) is 24.3 Å². The van der Waals surface area contributed by atoms with Crippen molar-refractivity contribution in [3.8, 4) is 5.75 Å². The van der Waals surface area contributed by atoms with Gasteiger partial charge in [0.2, 0.25) is 0 Å². The Morgan fingerprint density at radius 3 is 2.18 bits per heavy atom. The molecule has 0 saturated heterocycles. The summed E-state index contributed by atoms with van der Waals surface area (Å²) in [7, 11) is 0.927. The number of benzene rings is 1. The van der Waals surface area contributed by atoms with Crippen molar-refractivity contribution in [2.45, 2.75) is 6.61 Å². The molecule has 0 aliphatic rings. The average Bonchev–Trinajstić information content (AvgIpc) is 1.93. The maximum Gasteiger partial charge on any atom is 0.387 e. The van der Waals surface area contributed by atoms with Gasteiger partial charge in [0.05, 0.1) is 0 Å². The summed E-state index contributed by atoms with van der Waals surface area (Å²) in [5.74, 6) is 0.222. The Bertz CT molecular complexity index is 222. The molecule has 1 rings (SSSR count). The van der Waals surface area contributed by atoms with Gasteiger partial charge in [0.15, 0.2) is 0 Å². The first-order valence-electron chi connectivity index (χ1n) is 3.20. The third-order valence-electron chi connectivity index (χ3n) is 1.25. The fourth-order valence-corrected chi connectivity index (χ4v) is 1.05. The topological polar surface area (TPSA) is 9.23 Å². The fourth-order valence-electron chi connectivity index (χ4n) is 0.720. The van der Waals surface area contributed by atoms with E-state index >= 15 is 0 Å². The first-order valence-corrected chi connectivity index (χ1v) is 4.20. The van der Waals surface area contributed by atoms with Crippen LogP contribution in [-0.4, -0.2) is 16.9 Å². The third-order valence-corrected chi connectivity index (χ3v) is 1.91. The van der Waals surface area contributed by atoms with Crippen LogP contribution in [0.5, 0.6) is 5.75 Å². The average molecular weight is 174 g/mol. The highest BCUT2D eigenvalue weighted by Gasteiger charge is 2.01. The molecule has 0 radical (unpaired) electrons. The van der Waals surface area contributed by atoms with E-state index in [1.165, 1.54) is 0 Å². The minimum Gasteiger partial charge on any atom is -0.435 e. The second-order valence-corrected chi connectivity index (χ2v) is 3.35. The summed E-state index contributed by atoms with van der Waals surface area (Å²) in [5.41, 5.74) is 0. The van der Waals surface area contributed by atoms with E-state index in [0.717, 1.165) is 15.4 Å². The number of hydrogen-bond acceptors (Lipinski definition) is 1. The summed E-state index contributed by atoms with van der Waals surface area (Å²) < 4.78 is 27.4. The molecule has 0 unspecified atom stereocenters. The molecule has 60 valence electrons. The van der Waals surface area contributed by atoms with Gasteiger partial charge in [-0.05, 0) is 12.1 Å². The standard InChI is InChI=1S/C7H8F2OSi/c8-7(9)10-5-1-3-6(11)4-2-5/h1-4,7H,11H3. The molecule has 0 aliphatic carbocycles. The van der Waals surface area contributed by atoms with Crippen molar-refractivity contribution in [1.29, 1.82) is 0 Å². The molecule has 0 aliphatic heterocycles. The van der Waals surface area contributed by atoms with Crippen molar-refractivity contribution >= 4 is 15.4 Å². The third kappa shape index (κ3) is 2.67. The molecule has 0 bridgehead atoms. The van der Waals surface area contributed by atoms with Crippen LogP contribution in [0, 0.1) is 0 Å². The summed E-state index contributed by atoms with van der Waals surface area (Å²) in [6.45, 7) is -2.73. The van der Waals surface area contributed by atoms with Crippen LogP contribution >= 0.6 is 0 Å². The van der Waals surface area contributed by atoms with E-state index in [4.69, 9.17) is 0 Å². The van der Waals surface area contributed by atoms with Crippen LogP contribution in [0.25, 0.3) is 0 Å². The zero-order valence-electron chi connectivity index (χ0n) is 6.05. The van der Waals surface area contributed by atoms with E-state index in [9.17, 15) is 8.78 Å². The molecule has 1 nitrogen and oxygen atoms in total. The van der Waals surface area contributed by atoms with Crippen molar-refractivity contribution < 1.29 is 13.5 Å². The zero-order valence-corrected chi connectivity index (χ0v) is 8.05. The Morgan fingerprint density at radius 1 is 1.18 bits per heavy atom. The summed E-state index contributed by atoms with van der Waals surface area (Å²) in [6.07, 6.45) is 0. The minimum absolute atomic E-state index is 0.222. The van der Waals surface area contributed by atoms with E-state index < -0.39 is 6.61 Å². The number of hydrogen-bond donors (Lipinski definition) is 0. The predicted octanol–water partition coefficient (Wildman–Crippen LogP) is 0.279. The molecular formula is C7H8F2OSi. The van der Waals surface area contributed by atoms with Crippen LogP contribution in [0.15, 0.2) is 24.3 Å². The van der Waals surface area contributed by atoms with Gasteiger partial charge in [-0.25, -0.2) is 0 Å². The van der Waals surface area contributed by atoms with Gasteiger partial charge in [0.25, 0.3) is 0 Å². The molecule has 0 N–H and O–H groups in total. The quantitative estimate of drug-likeness (QED) is 0.585. The van der Waals surface area contributed by atoms with Crippen molar-refractivity contribution in [1.82, 2.24) is 0 Å². The maximum absolute atomic E-state index is 11.6. The number of ether oxygens (including phenoxy) is 1. The van der Waals surface area contributed by atoms with Gasteiger partial charge in [-0.1, -0.05) is 17.3 Å². The molecule has 1 aromatic rings. The Kier molecular flexibility index (Phi) is 2.59. The van der Waals surface area contributed by atoms with Gasteiger partial charge in [-0.2, -0.15) is 8.78 Å². The lowest BCUT2D eigenvalue weighted by atomic mass is 10.3. The molecule has 0 aromatic heterocycles. The van der Waals surface area contributed by atoms with E-state index in [-0.39, 0.29) is 5.75 Å². The summed E-state index contributed by atoms with van der Waals surface area (Å²) in [5, 5.41) is 1.16. The molecule has 4 heteroatoms. The maximum atomic E-state index is 11.6. The molecule has 0 fully saturated rings. The lowest BCUT2D eigenvalue weighted by Gasteiger charge is -2.03. The van der Waals surface area contributed by atoms with Crippen molar-refractivity contribution in [3.63, 3.8) is 0 Å². The molecule has 0 atom stereocenters. The van der Waals surface area contributed by atoms with Crippen LogP contribution in [0.2, 0.25) is 0 Å². The Hall–Kier alpha value is -0.903. The van der Waals surface area contributed by atoms with Crippen LogP contribution in [0.4, 0.5) is 8.78 Å². The number of rotatable bonds is 2. The fraction of sp³-hybridized carbons (Fsp3) is 0.143. The molecule has 11 heavy (non-hydrogen) atoms. The molecular weight excluding hydrogens is 166 g/mol. The lowest BCUT2D eigenvalue weighted by molar-refractivity contribution is -0.0498. The van der Waals surface area contributed by atoms with Crippen LogP contribution < -0.4 is 9.92 Å².